The van der Waals surface area contributed by atoms with E-state index in [4.69, 9.17) is 4.74 Å². The van der Waals surface area contributed by atoms with Crippen molar-refractivity contribution in [1.29, 1.82) is 0 Å². The van der Waals surface area contributed by atoms with Gasteiger partial charge in [0.05, 0.1) is 7.11 Å². The summed E-state index contributed by atoms with van der Waals surface area (Å²) in [5.74, 6) is 3.35. The SMILES string of the molecule is COc1ccc(-c2ccc(C(=O)Nc3nccs3)cc2)cc1C1CCN(C2C[C@H]3CC[C@H]2C3)CC1. The lowest BCUT2D eigenvalue weighted by Crippen LogP contribution is -2.43. The first-order chi connectivity index (χ1) is 17.2. The van der Waals surface area contributed by atoms with E-state index in [0.717, 1.165) is 29.2 Å². The molecule has 6 heteroatoms. The zero-order valence-electron chi connectivity index (χ0n) is 20.3. The van der Waals surface area contributed by atoms with Crippen LogP contribution >= 0.6 is 11.3 Å². The van der Waals surface area contributed by atoms with Crippen molar-refractivity contribution in [3.63, 3.8) is 0 Å². The van der Waals surface area contributed by atoms with E-state index in [0.29, 0.717) is 16.6 Å². The summed E-state index contributed by atoms with van der Waals surface area (Å²) >= 11 is 1.42. The predicted molar refractivity (Wildman–Crippen MR) is 141 cm³/mol. The van der Waals surface area contributed by atoms with Gasteiger partial charge in [-0.05, 0) is 104 Å². The van der Waals surface area contributed by atoms with E-state index in [1.165, 1.54) is 74.1 Å². The van der Waals surface area contributed by atoms with Crippen molar-refractivity contribution in [2.75, 3.05) is 25.5 Å². The van der Waals surface area contributed by atoms with Crippen molar-refractivity contribution in [2.24, 2.45) is 11.8 Å². The third kappa shape index (κ3) is 4.62. The summed E-state index contributed by atoms with van der Waals surface area (Å²) in [6, 6.07) is 15.2. The molecule has 182 valence electrons. The molecule has 1 aliphatic heterocycles. The number of ether oxygens (including phenoxy) is 1. The number of carbonyl (C=O) groups excluding carboxylic acids is 1. The Bertz CT molecular complexity index is 1170. The Labute approximate surface area is 211 Å². The number of likely N-dealkylation sites (tertiary alicyclic amines) is 1. The molecule has 3 atom stereocenters. The first-order valence-corrected chi connectivity index (χ1v) is 13.8. The smallest absolute Gasteiger partial charge is 0.257 e. The first kappa shape index (κ1) is 22.7. The van der Waals surface area contributed by atoms with Crippen molar-refractivity contribution in [2.45, 2.75) is 50.5 Å². The Balaban J connectivity index is 1.15. The van der Waals surface area contributed by atoms with Crippen LogP contribution in [-0.2, 0) is 0 Å². The van der Waals surface area contributed by atoms with Crippen LogP contribution in [0.4, 0.5) is 5.13 Å². The molecular formula is C29H33N3O2S. The van der Waals surface area contributed by atoms with Gasteiger partial charge in [-0.2, -0.15) is 0 Å². The fourth-order valence-electron chi connectivity index (χ4n) is 6.70. The lowest BCUT2D eigenvalue weighted by atomic mass is 9.85. The van der Waals surface area contributed by atoms with Gasteiger partial charge in [0.1, 0.15) is 5.75 Å². The number of piperidine rings is 1. The molecule has 3 fully saturated rings. The summed E-state index contributed by atoms with van der Waals surface area (Å²) in [5.41, 5.74) is 4.23. The second kappa shape index (κ2) is 9.75. The zero-order chi connectivity index (χ0) is 23.8. The third-order valence-corrected chi connectivity index (χ3v) is 9.19. The molecule has 1 N–H and O–H groups in total. The molecule has 2 aromatic carbocycles. The highest BCUT2D eigenvalue weighted by Crippen LogP contribution is 2.48. The van der Waals surface area contributed by atoms with Gasteiger partial charge in [0.15, 0.2) is 5.13 Å². The Kier molecular flexibility index (Phi) is 6.33. The van der Waals surface area contributed by atoms with Crippen LogP contribution in [-0.4, -0.2) is 42.0 Å². The lowest BCUT2D eigenvalue weighted by molar-refractivity contribution is 0.102. The molecule has 3 aliphatic rings. The van der Waals surface area contributed by atoms with Crippen LogP contribution in [0.25, 0.3) is 11.1 Å². The third-order valence-electron chi connectivity index (χ3n) is 8.50. The first-order valence-electron chi connectivity index (χ1n) is 12.9. The summed E-state index contributed by atoms with van der Waals surface area (Å²) in [7, 11) is 1.78. The molecule has 1 aromatic heterocycles. The second-order valence-electron chi connectivity index (χ2n) is 10.4. The normalized spacial score (nSPS) is 24.5. The van der Waals surface area contributed by atoms with Crippen LogP contribution in [0.5, 0.6) is 5.75 Å². The van der Waals surface area contributed by atoms with Crippen LogP contribution in [0, 0.1) is 11.8 Å². The van der Waals surface area contributed by atoms with Crippen molar-refractivity contribution in [3.8, 4) is 16.9 Å². The van der Waals surface area contributed by atoms with Crippen LogP contribution in [0.2, 0.25) is 0 Å². The molecule has 0 radical (unpaired) electrons. The van der Waals surface area contributed by atoms with Gasteiger partial charge in [-0.25, -0.2) is 4.98 Å². The number of thiazole rings is 1. The Morgan fingerprint density at radius 1 is 1.03 bits per heavy atom. The van der Waals surface area contributed by atoms with Crippen molar-refractivity contribution < 1.29 is 9.53 Å². The fraction of sp³-hybridized carbons (Fsp3) is 0.448. The summed E-state index contributed by atoms with van der Waals surface area (Å²) in [5, 5.41) is 5.31. The minimum Gasteiger partial charge on any atom is -0.496 e. The zero-order valence-corrected chi connectivity index (χ0v) is 21.1. The number of carbonyl (C=O) groups is 1. The van der Waals surface area contributed by atoms with Gasteiger partial charge in [0.2, 0.25) is 0 Å². The van der Waals surface area contributed by atoms with Crippen LogP contribution in [0.15, 0.2) is 54.0 Å². The maximum Gasteiger partial charge on any atom is 0.257 e. The number of methoxy groups -OCH3 is 1. The Hall–Kier alpha value is -2.70. The number of hydrogen-bond donors (Lipinski definition) is 1. The van der Waals surface area contributed by atoms with E-state index in [1.807, 2.05) is 29.6 Å². The van der Waals surface area contributed by atoms with E-state index in [2.05, 4.69) is 33.4 Å². The van der Waals surface area contributed by atoms with Crippen LogP contribution in [0.1, 0.15) is 60.4 Å². The highest BCUT2D eigenvalue weighted by molar-refractivity contribution is 7.13. The maximum atomic E-state index is 12.5. The minimum atomic E-state index is -0.135. The Morgan fingerprint density at radius 3 is 2.49 bits per heavy atom. The molecule has 1 unspecified atom stereocenters. The van der Waals surface area contributed by atoms with Gasteiger partial charge < -0.3 is 9.64 Å². The molecule has 2 saturated carbocycles. The molecular weight excluding hydrogens is 454 g/mol. The number of amides is 1. The van der Waals surface area contributed by atoms with Crippen LogP contribution < -0.4 is 10.1 Å². The molecule has 5 nitrogen and oxygen atoms in total. The molecule has 2 aliphatic carbocycles. The van der Waals surface area contributed by atoms with Crippen LogP contribution in [0.3, 0.4) is 0 Å². The molecule has 6 rings (SSSR count). The maximum absolute atomic E-state index is 12.5. The van der Waals surface area contributed by atoms with E-state index in [-0.39, 0.29) is 5.91 Å². The summed E-state index contributed by atoms with van der Waals surface area (Å²) in [6.45, 7) is 2.41. The van der Waals surface area contributed by atoms with E-state index in [9.17, 15) is 4.79 Å². The highest BCUT2D eigenvalue weighted by atomic mass is 32.1. The number of anilines is 1. The number of aromatic nitrogens is 1. The molecule has 0 spiro atoms. The van der Waals surface area contributed by atoms with Gasteiger partial charge >= 0.3 is 0 Å². The van der Waals surface area contributed by atoms with Crippen molar-refractivity contribution in [1.82, 2.24) is 9.88 Å². The van der Waals surface area contributed by atoms with E-state index >= 15 is 0 Å². The van der Waals surface area contributed by atoms with Gasteiger partial charge in [0.25, 0.3) is 5.91 Å². The number of nitrogens with zero attached hydrogens (tertiary/aromatic N) is 2. The topological polar surface area (TPSA) is 54.5 Å². The molecule has 2 bridgehead atoms. The second-order valence-corrected chi connectivity index (χ2v) is 11.3. The minimum absolute atomic E-state index is 0.135. The van der Waals surface area contributed by atoms with Gasteiger partial charge in [-0.3, -0.25) is 10.1 Å². The standard InChI is InChI=1S/C29H33N3O2S/c1-34-27-9-8-23(20-4-6-22(7-5-20)28(33)31-29-30-12-15-35-29)18-25(27)21-10-13-32(14-11-21)26-17-19-2-3-24(26)16-19/h4-9,12,15,18-19,21,24,26H,2-3,10-11,13-14,16-17H2,1H3,(H,30,31,33)/t19-,24-,26?/m0/s1. The molecule has 3 aromatic rings. The monoisotopic (exact) mass is 487 g/mol. The summed E-state index contributed by atoms with van der Waals surface area (Å²) in [4.78, 5) is 19.4. The number of nitrogens with one attached hydrogen (secondary N) is 1. The predicted octanol–water partition coefficient (Wildman–Crippen LogP) is 6.44. The van der Waals surface area contributed by atoms with E-state index in [1.54, 1.807) is 13.3 Å². The average Bonchev–Trinajstić information content (AvgIpc) is 3.68. The number of benzene rings is 2. The highest BCUT2D eigenvalue weighted by Gasteiger charge is 2.43. The molecule has 2 heterocycles. The molecule has 35 heavy (non-hydrogen) atoms. The summed E-state index contributed by atoms with van der Waals surface area (Å²) in [6.07, 6.45) is 9.92. The van der Waals surface area contributed by atoms with Gasteiger partial charge in [-0.1, -0.05) is 24.6 Å². The van der Waals surface area contributed by atoms with E-state index < -0.39 is 0 Å². The van der Waals surface area contributed by atoms with Crippen molar-refractivity contribution in [3.05, 3.63) is 65.2 Å². The Morgan fingerprint density at radius 2 is 1.83 bits per heavy atom. The molecule has 1 amide bonds. The quantitative estimate of drug-likeness (QED) is 0.435. The van der Waals surface area contributed by atoms with Gasteiger partial charge in [0, 0.05) is 23.2 Å². The largest absolute Gasteiger partial charge is 0.496 e. The van der Waals surface area contributed by atoms with Crippen molar-refractivity contribution >= 4 is 22.4 Å². The number of rotatable bonds is 6. The lowest BCUT2D eigenvalue weighted by Gasteiger charge is -2.40. The number of fused-ring (bicyclic) bond motifs is 2. The fourth-order valence-corrected chi connectivity index (χ4v) is 7.23. The van der Waals surface area contributed by atoms with Gasteiger partial charge in [-0.15, -0.1) is 11.3 Å². The molecule has 1 saturated heterocycles. The summed E-state index contributed by atoms with van der Waals surface area (Å²) < 4.78 is 5.79. The average molecular weight is 488 g/mol. The number of hydrogen-bond acceptors (Lipinski definition) is 5.